The van der Waals surface area contributed by atoms with Crippen molar-refractivity contribution in [1.82, 2.24) is 14.7 Å². The predicted octanol–water partition coefficient (Wildman–Crippen LogP) is 3.17. The average molecular weight is 335 g/mol. The minimum atomic E-state index is -0.198. The van der Waals surface area contributed by atoms with Crippen molar-refractivity contribution in [3.05, 3.63) is 41.7 Å². The van der Waals surface area contributed by atoms with Crippen LogP contribution in [-0.4, -0.2) is 47.0 Å². The van der Waals surface area contributed by atoms with E-state index in [1.165, 1.54) is 0 Å². The Bertz CT molecular complexity index is 669. The Kier molecular flexibility index (Phi) is 4.83. The monoisotopic (exact) mass is 334 g/mol. The number of carbonyl (C=O) groups excluding carboxylic acids is 1. The fraction of sp³-hybridized carbons (Fsp3) is 0.375. The van der Waals surface area contributed by atoms with Gasteiger partial charge in [-0.25, -0.2) is 9.48 Å². The van der Waals surface area contributed by atoms with E-state index in [1.807, 2.05) is 0 Å². The number of likely N-dealkylation sites (N-methyl/N-ethyl adjacent to an activating group) is 1. The van der Waals surface area contributed by atoms with E-state index in [0.717, 1.165) is 19.4 Å². The normalized spacial score (nSPS) is 17.2. The molecule has 0 spiro atoms. The molecule has 0 aliphatic carbocycles. The van der Waals surface area contributed by atoms with Gasteiger partial charge in [0.2, 0.25) is 0 Å². The molecule has 122 valence electrons. The molecule has 23 heavy (non-hydrogen) atoms. The SMILES string of the molecule is CN(CC1CCCO1)C(=O)Nc1cccc(Cl)c1-n1cccn1. The van der Waals surface area contributed by atoms with Gasteiger partial charge in [0, 0.05) is 32.6 Å². The van der Waals surface area contributed by atoms with Crippen LogP contribution >= 0.6 is 11.6 Å². The molecule has 2 heterocycles. The summed E-state index contributed by atoms with van der Waals surface area (Å²) in [5.74, 6) is 0. The number of aromatic nitrogens is 2. The molecule has 1 aliphatic rings. The maximum Gasteiger partial charge on any atom is 0.321 e. The Hall–Kier alpha value is -2.05. The van der Waals surface area contributed by atoms with Gasteiger partial charge in [-0.3, -0.25) is 0 Å². The smallest absolute Gasteiger partial charge is 0.321 e. The van der Waals surface area contributed by atoms with Crippen molar-refractivity contribution in [3.63, 3.8) is 0 Å². The van der Waals surface area contributed by atoms with E-state index < -0.39 is 0 Å². The second kappa shape index (κ2) is 7.02. The highest BCUT2D eigenvalue weighted by Gasteiger charge is 2.21. The Morgan fingerprint density at radius 1 is 1.52 bits per heavy atom. The lowest BCUT2D eigenvalue weighted by molar-refractivity contribution is 0.0894. The molecular weight excluding hydrogens is 316 g/mol. The first-order chi connectivity index (χ1) is 11.1. The first-order valence-electron chi connectivity index (χ1n) is 7.57. The number of hydrogen-bond donors (Lipinski definition) is 1. The minimum Gasteiger partial charge on any atom is -0.376 e. The zero-order valence-electron chi connectivity index (χ0n) is 12.9. The van der Waals surface area contributed by atoms with Gasteiger partial charge in [0.05, 0.1) is 16.8 Å². The molecule has 3 rings (SSSR count). The number of nitrogens with one attached hydrogen (secondary N) is 1. The molecule has 7 heteroatoms. The van der Waals surface area contributed by atoms with E-state index in [9.17, 15) is 4.79 Å². The van der Waals surface area contributed by atoms with Gasteiger partial charge in [-0.15, -0.1) is 0 Å². The molecular formula is C16H19ClN4O2. The fourth-order valence-corrected chi connectivity index (χ4v) is 2.90. The number of carbonyl (C=O) groups is 1. The third kappa shape index (κ3) is 3.65. The third-order valence-electron chi connectivity index (χ3n) is 3.81. The van der Waals surface area contributed by atoms with Gasteiger partial charge in [0.15, 0.2) is 0 Å². The molecule has 1 atom stereocenters. The zero-order chi connectivity index (χ0) is 16.2. The van der Waals surface area contributed by atoms with Crippen LogP contribution in [0.5, 0.6) is 0 Å². The third-order valence-corrected chi connectivity index (χ3v) is 4.12. The van der Waals surface area contributed by atoms with Crippen LogP contribution in [0.25, 0.3) is 5.69 Å². The summed E-state index contributed by atoms with van der Waals surface area (Å²) in [5, 5.41) is 7.61. The van der Waals surface area contributed by atoms with E-state index in [2.05, 4.69) is 10.4 Å². The fourth-order valence-electron chi connectivity index (χ4n) is 2.64. The average Bonchev–Trinajstić information content (AvgIpc) is 3.20. The summed E-state index contributed by atoms with van der Waals surface area (Å²) < 4.78 is 7.21. The van der Waals surface area contributed by atoms with Gasteiger partial charge in [0.1, 0.15) is 5.69 Å². The van der Waals surface area contributed by atoms with Crippen LogP contribution in [0, 0.1) is 0 Å². The van der Waals surface area contributed by atoms with Crippen molar-refractivity contribution in [2.75, 3.05) is 25.5 Å². The summed E-state index contributed by atoms with van der Waals surface area (Å²) in [4.78, 5) is 14.0. The van der Waals surface area contributed by atoms with Crippen LogP contribution in [-0.2, 0) is 4.74 Å². The highest BCUT2D eigenvalue weighted by molar-refractivity contribution is 6.33. The van der Waals surface area contributed by atoms with Crippen LogP contribution in [0.3, 0.4) is 0 Å². The number of amides is 2. The zero-order valence-corrected chi connectivity index (χ0v) is 13.7. The topological polar surface area (TPSA) is 59.4 Å². The Morgan fingerprint density at radius 3 is 3.09 bits per heavy atom. The van der Waals surface area contributed by atoms with Crippen LogP contribution < -0.4 is 5.32 Å². The second-order valence-electron chi connectivity index (χ2n) is 5.53. The molecule has 1 aromatic heterocycles. The molecule has 6 nitrogen and oxygen atoms in total. The first kappa shape index (κ1) is 15.8. The van der Waals surface area contributed by atoms with Gasteiger partial charge in [0.25, 0.3) is 0 Å². The van der Waals surface area contributed by atoms with Gasteiger partial charge in [-0.2, -0.15) is 5.10 Å². The summed E-state index contributed by atoms with van der Waals surface area (Å²) >= 11 is 6.28. The number of nitrogens with zero attached hydrogens (tertiary/aromatic N) is 3. The van der Waals surface area contributed by atoms with E-state index in [1.54, 1.807) is 53.3 Å². The standard InChI is InChI=1S/C16H19ClN4O2/c1-20(11-12-5-3-10-23-12)16(22)19-14-7-2-6-13(17)15(14)21-9-4-8-18-21/h2,4,6-9,12H,3,5,10-11H2,1H3,(H,19,22). The minimum absolute atomic E-state index is 0.121. The lowest BCUT2D eigenvalue weighted by Crippen LogP contribution is -2.37. The molecule has 1 N–H and O–H groups in total. The largest absolute Gasteiger partial charge is 0.376 e. The van der Waals surface area contributed by atoms with Gasteiger partial charge >= 0.3 is 6.03 Å². The summed E-state index contributed by atoms with van der Waals surface area (Å²) in [6.07, 6.45) is 5.62. The first-order valence-corrected chi connectivity index (χ1v) is 7.95. The van der Waals surface area contributed by atoms with Crippen molar-refractivity contribution in [2.24, 2.45) is 0 Å². The predicted molar refractivity (Wildman–Crippen MR) is 89.2 cm³/mol. The van der Waals surface area contributed by atoms with Crippen LogP contribution in [0.1, 0.15) is 12.8 Å². The molecule has 0 bridgehead atoms. The second-order valence-corrected chi connectivity index (χ2v) is 5.94. The number of urea groups is 1. The number of rotatable bonds is 4. The van der Waals surface area contributed by atoms with Crippen molar-refractivity contribution < 1.29 is 9.53 Å². The Balaban J connectivity index is 1.74. The maximum absolute atomic E-state index is 12.4. The summed E-state index contributed by atoms with van der Waals surface area (Å²) in [7, 11) is 1.76. The van der Waals surface area contributed by atoms with Crippen LogP contribution in [0.2, 0.25) is 5.02 Å². The molecule has 2 amide bonds. The van der Waals surface area contributed by atoms with E-state index in [-0.39, 0.29) is 12.1 Å². The highest BCUT2D eigenvalue weighted by Crippen LogP contribution is 2.28. The van der Waals surface area contributed by atoms with Crippen LogP contribution in [0.4, 0.5) is 10.5 Å². The lowest BCUT2D eigenvalue weighted by atomic mass is 10.2. The molecule has 1 aliphatic heterocycles. The highest BCUT2D eigenvalue weighted by atomic mass is 35.5. The summed E-state index contributed by atoms with van der Waals surface area (Å²) in [6.45, 7) is 1.35. The molecule has 1 unspecified atom stereocenters. The summed E-state index contributed by atoms with van der Waals surface area (Å²) in [5.41, 5.74) is 1.27. The van der Waals surface area contributed by atoms with Crippen LogP contribution in [0.15, 0.2) is 36.7 Å². The number of hydrogen-bond acceptors (Lipinski definition) is 3. The van der Waals surface area contributed by atoms with E-state index in [0.29, 0.717) is 22.9 Å². The molecule has 0 saturated carbocycles. The molecule has 1 aromatic carbocycles. The number of ether oxygens (including phenoxy) is 1. The van der Waals surface area contributed by atoms with Gasteiger partial charge in [-0.05, 0) is 31.0 Å². The summed E-state index contributed by atoms with van der Waals surface area (Å²) in [6, 6.07) is 6.98. The quantitative estimate of drug-likeness (QED) is 0.934. The molecule has 1 saturated heterocycles. The van der Waals surface area contributed by atoms with Gasteiger partial charge < -0.3 is 15.0 Å². The van der Waals surface area contributed by atoms with Crippen molar-refractivity contribution >= 4 is 23.3 Å². The molecule has 0 radical (unpaired) electrons. The lowest BCUT2D eigenvalue weighted by Gasteiger charge is -2.22. The number of anilines is 1. The number of para-hydroxylation sites is 1. The number of benzene rings is 1. The van der Waals surface area contributed by atoms with Crippen molar-refractivity contribution in [3.8, 4) is 5.69 Å². The van der Waals surface area contributed by atoms with E-state index >= 15 is 0 Å². The number of halogens is 1. The van der Waals surface area contributed by atoms with Gasteiger partial charge in [-0.1, -0.05) is 17.7 Å². The van der Waals surface area contributed by atoms with E-state index in [4.69, 9.17) is 16.3 Å². The molecule has 2 aromatic rings. The Labute approximate surface area is 140 Å². The maximum atomic E-state index is 12.4. The molecule has 1 fully saturated rings. The van der Waals surface area contributed by atoms with Crippen molar-refractivity contribution in [1.29, 1.82) is 0 Å². The van der Waals surface area contributed by atoms with Crippen molar-refractivity contribution in [2.45, 2.75) is 18.9 Å². The Morgan fingerprint density at radius 2 is 2.39 bits per heavy atom.